The number of rotatable bonds is 2. The molecule has 0 bridgehead atoms. The predicted molar refractivity (Wildman–Crippen MR) is 147 cm³/mol. The zero-order valence-electron chi connectivity index (χ0n) is 19.5. The summed E-state index contributed by atoms with van der Waals surface area (Å²) in [4.78, 5) is 10.3. The van der Waals surface area contributed by atoms with Crippen molar-refractivity contribution in [3.8, 4) is 28.7 Å². The van der Waals surface area contributed by atoms with Crippen LogP contribution in [0.25, 0.3) is 71.9 Å². The molecule has 5 aromatic carbocycles. The Morgan fingerprint density at radius 1 is 0.595 bits per heavy atom. The summed E-state index contributed by atoms with van der Waals surface area (Å²) in [5.74, 6) is 2.34. The molecule has 5 nitrogen and oxygen atoms in total. The van der Waals surface area contributed by atoms with E-state index in [2.05, 4.69) is 47.0 Å². The van der Waals surface area contributed by atoms with E-state index in [4.69, 9.17) is 19.1 Å². The Kier molecular flexibility index (Phi) is 3.47. The van der Waals surface area contributed by atoms with Crippen molar-refractivity contribution < 1.29 is 9.15 Å². The second-order valence-corrected chi connectivity index (χ2v) is 9.42. The van der Waals surface area contributed by atoms with Crippen molar-refractivity contribution in [2.24, 2.45) is 0 Å². The standard InChI is InChI=1S/C32H17N3O2/c1-2-8-19(9-3-1)29-31-30(20-11-4-5-13-23(20)37-31)34-32(33-29)35-21-12-7-15-25-27(21)28-22(35)17-16-18-10-6-14-24(36-25)26(18)28/h1-17H. The average molecular weight is 476 g/mol. The summed E-state index contributed by atoms with van der Waals surface area (Å²) >= 11 is 0. The number of nitrogens with zero attached hydrogens (tertiary/aromatic N) is 3. The summed E-state index contributed by atoms with van der Waals surface area (Å²) in [6, 6.07) is 34.9. The van der Waals surface area contributed by atoms with Gasteiger partial charge in [-0.25, -0.2) is 9.97 Å². The topological polar surface area (TPSA) is 53.1 Å². The molecule has 1 aliphatic rings. The molecule has 0 unspecified atom stereocenters. The quantitative estimate of drug-likeness (QED) is 0.252. The number of fused-ring (bicyclic) bond motifs is 3. The Labute approximate surface area is 210 Å². The van der Waals surface area contributed by atoms with Crippen molar-refractivity contribution in [1.29, 1.82) is 0 Å². The van der Waals surface area contributed by atoms with Gasteiger partial charge in [-0.05, 0) is 41.8 Å². The first kappa shape index (κ1) is 19.1. The fourth-order valence-corrected chi connectivity index (χ4v) is 5.84. The molecule has 172 valence electrons. The zero-order valence-corrected chi connectivity index (χ0v) is 19.5. The minimum Gasteiger partial charge on any atom is -0.456 e. The van der Waals surface area contributed by atoms with E-state index in [1.54, 1.807) is 0 Å². The van der Waals surface area contributed by atoms with Crippen LogP contribution in [-0.2, 0) is 0 Å². The highest BCUT2D eigenvalue weighted by Gasteiger charge is 2.26. The molecule has 0 fully saturated rings. The number of para-hydroxylation sites is 1. The maximum absolute atomic E-state index is 6.37. The van der Waals surface area contributed by atoms with Crippen molar-refractivity contribution in [1.82, 2.24) is 14.5 Å². The molecule has 0 spiro atoms. The molecule has 3 aromatic heterocycles. The lowest BCUT2D eigenvalue weighted by Gasteiger charge is -2.15. The lowest BCUT2D eigenvalue weighted by Crippen LogP contribution is -2.02. The van der Waals surface area contributed by atoms with E-state index in [-0.39, 0.29) is 0 Å². The van der Waals surface area contributed by atoms with Gasteiger partial charge in [-0.1, -0.05) is 66.7 Å². The molecule has 0 aliphatic carbocycles. The highest BCUT2D eigenvalue weighted by molar-refractivity contribution is 6.26. The van der Waals surface area contributed by atoms with Crippen molar-refractivity contribution in [3.63, 3.8) is 0 Å². The molecule has 0 atom stereocenters. The summed E-state index contributed by atoms with van der Waals surface area (Å²) in [7, 11) is 0. The number of hydrogen-bond donors (Lipinski definition) is 0. The first-order valence-corrected chi connectivity index (χ1v) is 12.3. The van der Waals surface area contributed by atoms with Crippen LogP contribution < -0.4 is 4.74 Å². The summed E-state index contributed by atoms with van der Waals surface area (Å²) in [6.45, 7) is 0. The van der Waals surface area contributed by atoms with E-state index in [9.17, 15) is 0 Å². The van der Waals surface area contributed by atoms with Crippen LogP contribution in [0.5, 0.6) is 11.5 Å². The molecule has 37 heavy (non-hydrogen) atoms. The largest absolute Gasteiger partial charge is 0.456 e. The first-order valence-electron chi connectivity index (χ1n) is 12.3. The lowest BCUT2D eigenvalue weighted by molar-refractivity contribution is 0.493. The van der Waals surface area contributed by atoms with Crippen LogP contribution in [0.15, 0.2) is 108 Å². The Morgan fingerprint density at radius 3 is 2.30 bits per heavy atom. The highest BCUT2D eigenvalue weighted by atomic mass is 16.5. The van der Waals surface area contributed by atoms with E-state index >= 15 is 0 Å². The zero-order chi connectivity index (χ0) is 24.1. The SMILES string of the molecule is c1ccc(-c2nc(-n3c4cccc5c4c4c6c(cccc6ccc43)O5)nc3c2oc2ccccc23)cc1. The lowest BCUT2D eigenvalue weighted by atomic mass is 10.0. The summed E-state index contributed by atoms with van der Waals surface area (Å²) in [6.07, 6.45) is 0. The van der Waals surface area contributed by atoms with Gasteiger partial charge in [0.2, 0.25) is 5.95 Å². The third kappa shape index (κ3) is 2.43. The van der Waals surface area contributed by atoms with Gasteiger partial charge < -0.3 is 9.15 Å². The van der Waals surface area contributed by atoms with Crippen LogP contribution in [0.1, 0.15) is 0 Å². The van der Waals surface area contributed by atoms with E-state index < -0.39 is 0 Å². The number of ether oxygens (including phenoxy) is 1. The average Bonchev–Trinajstić information content (AvgIpc) is 3.50. The molecule has 8 aromatic rings. The van der Waals surface area contributed by atoms with Crippen LogP contribution >= 0.6 is 0 Å². The van der Waals surface area contributed by atoms with Crippen LogP contribution in [0.2, 0.25) is 0 Å². The van der Waals surface area contributed by atoms with E-state index in [1.807, 2.05) is 60.7 Å². The highest BCUT2D eigenvalue weighted by Crippen LogP contribution is 2.48. The van der Waals surface area contributed by atoms with Gasteiger partial charge in [0.1, 0.15) is 28.3 Å². The molecule has 9 rings (SSSR count). The van der Waals surface area contributed by atoms with Gasteiger partial charge in [-0.2, -0.15) is 0 Å². The van der Waals surface area contributed by atoms with Crippen LogP contribution in [0, 0.1) is 0 Å². The number of aromatic nitrogens is 3. The molecule has 5 heteroatoms. The Balaban J connectivity index is 1.48. The van der Waals surface area contributed by atoms with Crippen molar-refractivity contribution in [3.05, 3.63) is 103 Å². The summed E-state index contributed by atoms with van der Waals surface area (Å²) < 4.78 is 14.8. The van der Waals surface area contributed by atoms with Gasteiger partial charge in [0.15, 0.2) is 5.58 Å². The van der Waals surface area contributed by atoms with Gasteiger partial charge in [0.25, 0.3) is 0 Å². The first-order chi connectivity index (χ1) is 18.3. The molecular weight excluding hydrogens is 458 g/mol. The van der Waals surface area contributed by atoms with Gasteiger partial charge in [-0.3, -0.25) is 4.57 Å². The maximum atomic E-state index is 6.37. The fraction of sp³-hybridized carbons (Fsp3) is 0. The van der Waals surface area contributed by atoms with Gasteiger partial charge in [0.05, 0.1) is 16.4 Å². The minimum atomic E-state index is 0.605. The van der Waals surface area contributed by atoms with Crippen LogP contribution in [0.3, 0.4) is 0 Å². The molecular formula is C32H17N3O2. The third-order valence-corrected chi connectivity index (χ3v) is 7.40. The van der Waals surface area contributed by atoms with Crippen molar-refractivity contribution in [2.75, 3.05) is 0 Å². The fourth-order valence-electron chi connectivity index (χ4n) is 5.84. The van der Waals surface area contributed by atoms with Crippen LogP contribution in [-0.4, -0.2) is 14.5 Å². The third-order valence-electron chi connectivity index (χ3n) is 7.40. The Morgan fingerprint density at radius 2 is 1.38 bits per heavy atom. The number of furan rings is 1. The second kappa shape index (κ2) is 6.74. The molecule has 4 heterocycles. The normalized spacial score (nSPS) is 12.5. The second-order valence-electron chi connectivity index (χ2n) is 9.42. The Hall–Kier alpha value is -5.16. The summed E-state index contributed by atoms with van der Waals surface area (Å²) in [5.41, 5.74) is 6.12. The molecule has 0 amide bonds. The van der Waals surface area contributed by atoms with Gasteiger partial charge >= 0.3 is 0 Å². The predicted octanol–water partition coefficient (Wildman–Crippen LogP) is 8.40. The smallest absolute Gasteiger partial charge is 0.236 e. The molecule has 0 saturated carbocycles. The minimum absolute atomic E-state index is 0.605. The maximum Gasteiger partial charge on any atom is 0.236 e. The number of benzene rings is 5. The Bertz CT molecular complexity index is 2230. The molecule has 0 saturated heterocycles. The molecule has 1 aliphatic heterocycles. The van der Waals surface area contributed by atoms with Gasteiger partial charge in [0, 0.05) is 21.7 Å². The van der Waals surface area contributed by atoms with E-state index in [0.717, 1.165) is 66.4 Å². The molecule has 0 radical (unpaired) electrons. The van der Waals surface area contributed by atoms with Crippen molar-refractivity contribution >= 4 is 54.6 Å². The molecule has 0 N–H and O–H groups in total. The van der Waals surface area contributed by atoms with Crippen molar-refractivity contribution in [2.45, 2.75) is 0 Å². The van der Waals surface area contributed by atoms with Crippen LogP contribution in [0.4, 0.5) is 0 Å². The van der Waals surface area contributed by atoms with E-state index in [1.165, 1.54) is 5.39 Å². The summed E-state index contributed by atoms with van der Waals surface area (Å²) in [5, 5.41) is 5.51. The van der Waals surface area contributed by atoms with E-state index in [0.29, 0.717) is 11.5 Å². The van der Waals surface area contributed by atoms with Gasteiger partial charge in [-0.15, -0.1) is 0 Å². The monoisotopic (exact) mass is 475 g/mol. The number of hydrogen-bond acceptors (Lipinski definition) is 4.